The van der Waals surface area contributed by atoms with Gasteiger partial charge in [-0.3, -0.25) is 14.9 Å². The highest BCUT2D eigenvalue weighted by Crippen LogP contribution is 2.21. The first-order valence-corrected chi connectivity index (χ1v) is 10.1. The molecule has 0 radical (unpaired) electrons. The lowest BCUT2D eigenvalue weighted by atomic mass is 10.3. The first-order chi connectivity index (χ1) is 13.5. The number of aryl methyl sites for hydroxylation is 2. The molecule has 2 amide bonds. The quantitative estimate of drug-likeness (QED) is 0.599. The molecule has 0 unspecified atom stereocenters. The van der Waals surface area contributed by atoms with Crippen LogP contribution in [0.15, 0.2) is 34.9 Å². The second-order valence-corrected chi connectivity index (χ2v) is 7.72. The molecule has 0 bridgehead atoms. The van der Waals surface area contributed by atoms with E-state index in [-0.39, 0.29) is 17.6 Å². The van der Waals surface area contributed by atoms with E-state index < -0.39 is 5.25 Å². The fraction of sp³-hybridized carbons (Fsp3) is 0.368. The van der Waals surface area contributed by atoms with Gasteiger partial charge in [0.05, 0.1) is 22.0 Å². The van der Waals surface area contributed by atoms with E-state index >= 15 is 0 Å². The minimum atomic E-state index is -0.419. The Hall–Kier alpha value is -2.81. The number of nitrogens with one attached hydrogen (secondary N) is 2. The van der Waals surface area contributed by atoms with E-state index in [1.165, 1.54) is 11.8 Å². The zero-order valence-electron chi connectivity index (χ0n) is 16.1. The number of nitrogens with zero attached hydrogens (tertiary/aromatic N) is 3. The Bertz CT molecular complexity index is 981. The molecule has 3 rings (SSSR count). The van der Waals surface area contributed by atoms with Crippen molar-refractivity contribution in [1.82, 2.24) is 14.7 Å². The Morgan fingerprint density at radius 2 is 2.07 bits per heavy atom. The first kappa shape index (κ1) is 19.9. The van der Waals surface area contributed by atoms with Crippen LogP contribution in [0.3, 0.4) is 0 Å². The molecule has 1 aromatic carbocycles. The molecule has 1 atom stereocenters. The van der Waals surface area contributed by atoms with Crippen molar-refractivity contribution in [2.24, 2.45) is 0 Å². The maximum absolute atomic E-state index is 12.4. The standard InChI is InChI=1S/C19H23N5O3S/c1-4-9-24-15-8-6-5-7-14(15)20-19(24)22-17(25)11-28-13(3)18(26)21-16-10-12(2)27-23-16/h5-8,10,13H,4,9,11H2,1-3H3,(H,20,22,25)(H,21,23,26)/t13-/m0/s1. The number of para-hydroxylation sites is 2. The van der Waals surface area contributed by atoms with Crippen molar-refractivity contribution in [3.05, 3.63) is 36.1 Å². The zero-order chi connectivity index (χ0) is 20.1. The third-order valence-electron chi connectivity index (χ3n) is 4.07. The van der Waals surface area contributed by atoms with Crippen molar-refractivity contribution >= 4 is 46.4 Å². The van der Waals surface area contributed by atoms with Gasteiger partial charge in [0.15, 0.2) is 5.82 Å². The highest BCUT2D eigenvalue weighted by Gasteiger charge is 2.18. The van der Waals surface area contributed by atoms with Crippen molar-refractivity contribution < 1.29 is 14.1 Å². The van der Waals surface area contributed by atoms with Gasteiger partial charge in [0.2, 0.25) is 17.8 Å². The summed E-state index contributed by atoms with van der Waals surface area (Å²) in [6.45, 7) is 6.33. The lowest BCUT2D eigenvalue weighted by molar-refractivity contribution is -0.115. The van der Waals surface area contributed by atoms with Gasteiger partial charge < -0.3 is 14.4 Å². The lowest BCUT2D eigenvalue weighted by Gasteiger charge is -2.11. The number of benzene rings is 1. The highest BCUT2D eigenvalue weighted by molar-refractivity contribution is 8.01. The van der Waals surface area contributed by atoms with Crippen LogP contribution in [-0.4, -0.2) is 37.5 Å². The third kappa shape index (κ3) is 4.72. The molecule has 0 fully saturated rings. The molecule has 0 saturated heterocycles. The van der Waals surface area contributed by atoms with Crippen LogP contribution in [0.2, 0.25) is 0 Å². The van der Waals surface area contributed by atoms with Gasteiger partial charge in [-0.15, -0.1) is 11.8 Å². The largest absolute Gasteiger partial charge is 0.360 e. The first-order valence-electron chi connectivity index (χ1n) is 9.08. The Labute approximate surface area is 167 Å². The van der Waals surface area contributed by atoms with Crippen molar-refractivity contribution in [1.29, 1.82) is 0 Å². The minimum absolute atomic E-state index is 0.141. The van der Waals surface area contributed by atoms with E-state index in [0.717, 1.165) is 24.0 Å². The Morgan fingerprint density at radius 3 is 2.79 bits per heavy atom. The third-order valence-corrected chi connectivity index (χ3v) is 5.21. The molecule has 2 N–H and O–H groups in total. The highest BCUT2D eigenvalue weighted by atomic mass is 32.2. The van der Waals surface area contributed by atoms with Crippen molar-refractivity contribution in [3.8, 4) is 0 Å². The molecule has 9 heteroatoms. The maximum atomic E-state index is 12.4. The molecule has 0 saturated carbocycles. The SMILES string of the molecule is CCCn1c(NC(=O)CS[C@@H](C)C(=O)Nc2cc(C)on2)nc2ccccc21. The molecule has 2 aromatic heterocycles. The van der Waals surface area contributed by atoms with Crippen LogP contribution in [-0.2, 0) is 16.1 Å². The predicted octanol–water partition coefficient (Wildman–Crippen LogP) is 3.44. The summed E-state index contributed by atoms with van der Waals surface area (Å²) in [4.78, 5) is 29.1. The molecular formula is C19H23N5O3S. The van der Waals surface area contributed by atoms with Crippen molar-refractivity contribution in [2.75, 3.05) is 16.4 Å². The van der Waals surface area contributed by atoms with E-state index in [2.05, 4.69) is 27.7 Å². The summed E-state index contributed by atoms with van der Waals surface area (Å²) >= 11 is 1.24. The summed E-state index contributed by atoms with van der Waals surface area (Å²) in [5, 5.41) is 8.84. The zero-order valence-corrected chi connectivity index (χ0v) is 16.9. The van der Waals surface area contributed by atoms with E-state index in [9.17, 15) is 9.59 Å². The number of rotatable bonds is 8. The number of carbonyl (C=O) groups is 2. The Morgan fingerprint density at radius 1 is 1.29 bits per heavy atom. The molecule has 3 aromatic rings. The Kier molecular flexibility index (Phi) is 6.35. The number of thioether (sulfide) groups is 1. The molecule has 8 nitrogen and oxygen atoms in total. The van der Waals surface area contributed by atoms with Crippen LogP contribution in [0.1, 0.15) is 26.0 Å². The second kappa shape index (κ2) is 8.92. The summed E-state index contributed by atoms with van der Waals surface area (Å²) < 4.78 is 6.92. The Balaban J connectivity index is 1.57. The molecule has 28 heavy (non-hydrogen) atoms. The van der Waals surface area contributed by atoms with Crippen LogP contribution in [0, 0.1) is 6.92 Å². The van der Waals surface area contributed by atoms with Gasteiger partial charge in [0, 0.05) is 12.6 Å². The average molecular weight is 401 g/mol. The van der Waals surface area contributed by atoms with Gasteiger partial charge in [-0.2, -0.15) is 0 Å². The summed E-state index contributed by atoms with van der Waals surface area (Å²) in [5.41, 5.74) is 1.83. The van der Waals surface area contributed by atoms with E-state index in [1.807, 2.05) is 28.8 Å². The molecule has 0 aliphatic carbocycles. The molecular weight excluding hydrogens is 378 g/mol. The topological polar surface area (TPSA) is 102 Å². The number of aromatic nitrogens is 3. The van der Waals surface area contributed by atoms with Crippen LogP contribution >= 0.6 is 11.8 Å². The number of imidazole rings is 1. The maximum Gasteiger partial charge on any atom is 0.238 e. The van der Waals surface area contributed by atoms with E-state index in [4.69, 9.17) is 4.52 Å². The fourth-order valence-corrected chi connectivity index (χ4v) is 3.40. The minimum Gasteiger partial charge on any atom is -0.360 e. The molecule has 2 heterocycles. The van der Waals surface area contributed by atoms with Gasteiger partial charge in [-0.25, -0.2) is 4.98 Å². The fourth-order valence-electron chi connectivity index (χ4n) is 2.71. The van der Waals surface area contributed by atoms with Gasteiger partial charge in [-0.1, -0.05) is 24.2 Å². The van der Waals surface area contributed by atoms with E-state index in [1.54, 1.807) is 19.9 Å². The predicted molar refractivity (Wildman–Crippen MR) is 110 cm³/mol. The summed E-state index contributed by atoms with van der Waals surface area (Å²) in [6, 6.07) is 9.42. The number of carbonyl (C=O) groups excluding carboxylic acids is 2. The summed E-state index contributed by atoms with van der Waals surface area (Å²) in [7, 11) is 0. The van der Waals surface area contributed by atoms with Crippen molar-refractivity contribution in [3.63, 3.8) is 0 Å². The molecule has 0 aliphatic rings. The summed E-state index contributed by atoms with van der Waals surface area (Å²) in [6.07, 6.45) is 0.927. The number of hydrogen-bond donors (Lipinski definition) is 2. The van der Waals surface area contributed by atoms with E-state index in [0.29, 0.717) is 17.5 Å². The molecule has 0 spiro atoms. The van der Waals surface area contributed by atoms with Crippen molar-refractivity contribution in [2.45, 2.75) is 39.0 Å². The normalized spacial score (nSPS) is 12.1. The van der Waals surface area contributed by atoms with Gasteiger partial charge in [0.25, 0.3) is 0 Å². The molecule has 0 aliphatic heterocycles. The van der Waals surface area contributed by atoms with Crippen LogP contribution in [0.4, 0.5) is 11.8 Å². The van der Waals surface area contributed by atoms with Crippen LogP contribution in [0.5, 0.6) is 0 Å². The van der Waals surface area contributed by atoms with Gasteiger partial charge in [-0.05, 0) is 32.4 Å². The lowest BCUT2D eigenvalue weighted by Crippen LogP contribution is -2.25. The number of fused-ring (bicyclic) bond motifs is 1. The van der Waals surface area contributed by atoms with Crippen LogP contribution in [0.25, 0.3) is 11.0 Å². The molecule has 148 valence electrons. The number of hydrogen-bond acceptors (Lipinski definition) is 6. The average Bonchev–Trinajstić information content (AvgIpc) is 3.23. The monoisotopic (exact) mass is 401 g/mol. The second-order valence-electron chi connectivity index (χ2n) is 6.39. The number of amides is 2. The number of anilines is 2. The summed E-state index contributed by atoms with van der Waals surface area (Å²) in [5.74, 6) is 1.22. The smallest absolute Gasteiger partial charge is 0.238 e. The van der Waals surface area contributed by atoms with Gasteiger partial charge in [0.1, 0.15) is 5.76 Å². The van der Waals surface area contributed by atoms with Gasteiger partial charge >= 0.3 is 0 Å². The van der Waals surface area contributed by atoms with Crippen LogP contribution < -0.4 is 10.6 Å².